The van der Waals surface area contributed by atoms with Crippen LogP contribution < -0.4 is 10.6 Å². The molecule has 0 aromatic heterocycles. The summed E-state index contributed by atoms with van der Waals surface area (Å²) in [5, 5.41) is 7.22. The molecule has 2 aliphatic heterocycles. The molecule has 3 aliphatic rings. The molecule has 132 valence electrons. The molecule has 2 unspecified atom stereocenters. The van der Waals surface area contributed by atoms with E-state index in [0.717, 1.165) is 48.3 Å². The minimum absolute atomic E-state index is 0.101. The highest BCUT2D eigenvalue weighted by molar-refractivity contribution is 5.92. The number of ether oxygens (including phenoxy) is 1. The number of rotatable bonds is 3. The summed E-state index contributed by atoms with van der Waals surface area (Å²) in [5.41, 5.74) is 5.25. The lowest BCUT2D eigenvalue weighted by atomic mass is 9.67. The summed E-state index contributed by atoms with van der Waals surface area (Å²) in [7, 11) is 0. The number of esters is 1. The van der Waals surface area contributed by atoms with Gasteiger partial charge in [-0.2, -0.15) is 0 Å². The lowest BCUT2D eigenvalue weighted by Crippen LogP contribution is -2.44. The number of anilines is 1. The van der Waals surface area contributed by atoms with Crippen molar-refractivity contribution < 1.29 is 9.53 Å². The minimum atomic E-state index is -0.186. The van der Waals surface area contributed by atoms with Crippen molar-refractivity contribution in [3.8, 4) is 0 Å². The zero-order valence-corrected chi connectivity index (χ0v) is 14.6. The molecule has 5 rings (SSSR count). The Labute approximate surface area is 153 Å². The van der Waals surface area contributed by atoms with E-state index in [1.807, 2.05) is 36.4 Å². The molecule has 0 amide bonds. The first-order valence-corrected chi connectivity index (χ1v) is 9.33. The van der Waals surface area contributed by atoms with Crippen LogP contribution >= 0.6 is 0 Å². The summed E-state index contributed by atoms with van der Waals surface area (Å²) in [6.45, 7) is 1.30. The average molecular weight is 346 g/mol. The van der Waals surface area contributed by atoms with Crippen molar-refractivity contribution in [2.24, 2.45) is 0 Å². The van der Waals surface area contributed by atoms with Crippen LogP contribution in [-0.4, -0.2) is 18.6 Å². The van der Waals surface area contributed by atoms with E-state index in [2.05, 4.69) is 28.8 Å². The Hall–Kier alpha value is -2.59. The maximum atomic E-state index is 12.9. The molecular weight excluding hydrogens is 324 g/mol. The molecule has 1 spiro atoms. The maximum absolute atomic E-state index is 12.9. The summed E-state index contributed by atoms with van der Waals surface area (Å²) >= 11 is 0. The van der Waals surface area contributed by atoms with Gasteiger partial charge in [-0.15, -0.1) is 0 Å². The van der Waals surface area contributed by atoms with Crippen LogP contribution in [0.1, 0.15) is 30.4 Å². The molecule has 1 fully saturated rings. The Balaban J connectivity index is 1.49. The van der Waals surface area contributed by atoms with Crippen molar-refractivity contribution >= 4 is 11.7 Å². The van der Waals surface area contributed by atoms with Gasteiger partial charge in [0.25, 0.3) is 0 Å². The Bertz CT molecular complexity index is 890. The topological polar surface area (TPSA) is 50.4 Å². The number of carbonyl (C=O) groups excluding carboxylic acids is 1. The summed E-state index contributed by atoms with van der Waals surface area (Å²) in [6.07, 6.45) is 2.74. The van der Waals surface area contributed by atoms with Crippen molar-refractivity contribution in [2.45, 2.75) is 37.3 Å². The fourth-order valence-electron chi connectivity index (χ4n) is 4.90. The third-order valence-electron chi connectivity index (χ3n) is 6.06. The number of para-hydroxylation sites is 1. The molecule has 2 N–H and O–H groups in total. The van der Waals surface area contributed by atoms with Gasteiger partial charge < -0.3 is 15.4 Å². The Morgan fingerprint density at radius 2 is 1.92 bits per heavy atom. The fourth-order valence-corrected chi connectivity index (χ4v) is 4.90. The summed E-state index contributed by atoms with van der Waals surface area (Å²) in [5.74, 6) is -0.186. The summed E-state index contributed by atoms with van der Waals surface area (Å²) in [4.78, 5) is 12.9. The highest BCUT2D eigenvalue weighted by Crippen LogP contribution is 2.55. The van der Waals surface area contributed by atoms with Gasteiger partial charge in [-0.25, -0.2) is 4.79 Å². The number of carbonyl (C=O) groups is 1. The molecule has 1 saturated heterocycles. The van der Waals surface area contributed by atoms with Gasteiger partial charge in [0.05, 0.1) is 11.0 Å². The van der Waals surface area contributed by atoms with Crippen molar-refractivity contribution in [1.29, 1.82) is 0 Å². The Kier molecular flexibility index (Phi) is 3.61. The first kappa shape index (κ1) is 15.6. The van der Waals surface area contributed by atoms with Crippen molar-refractivity contribution in [1.82, 2.24) is 5.32 Å². The third kappa shape index (κ3) is 2.22. The van der Waals surface area contributed by atoms with E-state index in [1.165, 1.54) is 5.56 Å². The molecule has 4 heteroatoms. The first-order valence-electron chi connectivity index (χ1n) is 9.33. The fraction of sp³-hybridized carbons (Fsp3) is 0.318. The molecule has 0 bridgehead atoms. The molecule has 2 aromatic rings. The zero-order valence-electron chi connectivity index (χ0n) is 14.6. The first-order chi connectivity index (χ1) is 12.8. The van der Waals surface area contributed by atoms with E-state index in [9.17, 15) is 4.79 Å². The molecule has 26 heavy (non-hydrogen) atoms. The van der Waals surface area contributed by atoms with Crippen LogP contribution in [0.25, 0.3) is 0 Å². The van der Waals surface area contributed by atoms with Crippen molar-refractivity contribution in [3.63, 3.8) is 0 Å². The second-order valence-electron chi connectivity index (χ2n) is 7.35. The number of nitrogens with one attached hydrogen (secondary N) is 2. The van der Waals surface area contributed by atoms with E-state index < -0.39 is 0 Å². The largest absolute Gasteiger partial charge is 0.457 e. The molecule has 0 radical (unpaired) electrons. The number of hydrogen-bond donors (Lipinski definition) is 2. The molecule has 1 aliphatic carbocycles. The van der Waals surface area contributed by atoms with Gasteiger partial charge in [-0.3, -0.25) is 0 Å². The average Bonchev–Trinajstić information content (AvgIpc) is 3.27. The minimum Gasteiger partial charge on any atom is -0.457 e. The molecule has 2 aromatic carbocycles. The Morgan fingerprint density at radius 3 is 2.81 bits per heavy atom. The quantitative estimate of drug-likeness (QED) is 0.835. The Morgan fingerprint density at radius 1 is 1.12 bits per heavy atom. The van der Waals surface area contributed by atoms with Crippen molar-refractivity contribution in [2.75, 3.05) is 11.9 Å². The number of fused-ring (bicyclic) bond motifs is 1. The van der Waals surface area contributed by atoms with E-state index in [-0.39, 0.29) is 11.4 Å². The van der Waals surface area contributed by atoms with E-state index in [1.54, 1.807) is 0 Å². The monoisotopic (exact) mass is 346 g/mol. The molecule has 4 nitrogen and oxygen atoms in total. The van der Waals surface area contributed by atoms with Crippen LogP contribution in [0, 0.1) is 0 Å². The van der Waals surface area contributed by atoms with Gasteiger partial charge in [0.15, 0.2) is 0 Å². The molecule has 2 atom stereocenters. The summed E-state index contributed by atoms with van der Waals surface area (Å²) in [6, 6.07) is 18.7. The van der Waals surface area contributed by atoms with Gasteiger partial charge in [-0.05, 0) is 43.0 Å². The predicted molar refractivity (Wildman–Crippen MR) is 101 cm³/mol. The van der Waals surface area contributed by atoms with Crippen molar-refractivity contribution in [3.05, 3.63) is 77.0 Å². The zero-order chi connectivity index (χ0) is 17.6. The van der Waals surface area contributed by atoms with Crippen LogP contribution in [0.15, 0.2) is 65.9 Å². The van der Waals surface area contributed by atoms with Crippen LogP contribution in [0.4, 0.5) is 5.69 Å². The summed E-state index contributed by atoms with van der Waals surface area (Å²) < 4.78 is 5.66. The standard InChI is InChI=1S/C22H22N2O2/c25-21(26-14-15-6-2-1-3-7-15)16-10-11-19-22(12-13-23-19)17-8-4-5-9-18(17)24-20(16)22/h1-9,19,23-24H,10-14H2. The van der Waals surface area contributed by atoms with E-state index >= 15 is 0 Å². The van der Waals surface area contributed by atoms with E-state index in [0.29, 0.717) is 12.6 Å². The smallest absolute Gasteiger partial charge is 0.336 e. The molecule has 0 saturated carbocycles. The van der Waals surface area contributed by atoms with Crippen LogP contribution in [0.2, 0.25) is 0 Å². The highest BCUT2D eigenvalue weighted by Gasteiger charge is 2.55. The van der Waals surface area contributed by atoms with Gasteiger partial charge >= 0.3 is 5.97 Å². The van der Waals surface area contributed by atoms with Gasteiger partial charge in [-0.1, -0.05) is 48.5 Å². The highest BCUT2D eigenvalue weighted by atomic mass is 16.5. The molecule has 2 heterocycles. The predicted octanol–water partition coefficient (Wildman–Crippen LogP) is 3.50. The van der Waals surface area contributed by atoms with Crippen LogP contribution in [0.5, 0.6) is 0 Å². The van der Waals surface area contributed by atoms with E-state index in [4.69, 9.17) is 4.74 Å². The normalized spacial score (nSPS) is 25.9. The number of benzene rings is 2. The number of hydrogen-bond acceptors (Lipinski definition) is 4. The van der Waals surface area contributed by atoms with Crippen LogP contribution in [-0.2, 0) is 21.6 Å². The molecular formula is C22H22N2O2. The third-order valence-corrected chi connectivity index (χ3v) is 6.06. The van der Waals surface area contributed by atoms with Gasteiger partial charge in [0.2, 0.25) is 0 Å². The van der Waals surface area contributed by atoms with Gasteiger partial charge in [0.1, 0.15) is 6.61 Å². The van der Waals surface area contributed by atoms with Gasteiger partial charge in [0, 0.05) is 17.4 Å². The van der Waals surface area contributed by atoms with Crippen LogP contribution in [0.3, 0.4) is 0 Å². The second kappa shape index (κ2) is 5.99. The lowest BCUT2D eigenvalue weighted by Gasteiger charge is -2.37. The maximum Gasteiger partial charge on any atom is 0.336 e. The SMILES string of the molecule is O=C(OCc1ccccc1)C1=C2Nc3ccccc3C23CCNC3CC1. The lowest BCUT2D eigenvalue weighted by molar-refractivity contribution is -0.140. The second-order valence-corrected chi connectivity index (χ2v) is 7.35.